The Morgan fingerprint density at radius 3 is 2.94 bits per heavy atom. The Balaban J connectivity index is 1.85. The van der Waals surface area contributed by atoms with Gasteiger partial charge < -0.3 is 4.90 Å². The molecule has 1 aromatic heterocycles. The summed E-state index contributed by atoms with van der Waals surface area (Å²) in [6.45, 7) is 6.70. The van der Waals surface area contributed by atoms with E-state index in [0.29, 0.717) is 0 Å². The van der Waals surface area contributed by atoms with Crippen LogP contribution in [0.3, 0.4) is 0 Å². The first kappa shape index (κ1) is 11.5. The molecule has 1 atom stereocenters. The lowest BCUT2D eigenvalue weighted by molar-refractivity contribution is 0.255. The van der Waals surface area contributed by atoms with Crippen molar-refractivity contribution in [3.05, 3.63) is 23.5 Å². The van der Waals surface area contributed by atoms with Crippen molar-refractivity contribution in [1.29, 1.82) is 0 Å². The highest BCUT2D eigenvalue weighted by Crippen LogP contribution is 2.20. The zero-order chi connectivity index (χ0) is 11.4. The van der Waals surface area contributed by atoms with Gasteiger partial charge in [0.05, 0.1) is 11.4 Å². The highest BCUT2D eigenvalue weighted by atomic mass is 15.2. The van der Waals surface area contributed by atoms with Crippen LogP contribution in [0.25, 0.3) is 0 Å². The van der Waals surface area contributed by atoms with Crippen molar-refractivity contribution in [1.82, 2.24) is 15.1 Å². The Labute approximate surface area is 97.9 Å². The molecular weight excluding hydrogens is 198 g/mol. The third kappa shape index (κ3) is 2.79. The largest absolute Gasteiger partial charge is 0.301 e. The Morgan fingerprint density at radius 2 is 2.25 bits per heavy atom. The second-order valence-electron chi connectivity index (χ2n) is 4.63. The Hall–Kier alpha value is -0.960. The number of nitrogens with zero attached hydrogens (tertiary/aromatic N) is 3. The van der Waals surface area contributed by atoms with Crippen LogP contribution < -0.4 is 0 Å². The fraction of sp³-hybridized carbons (Fsp3) is 0.692. The lowest BCUT2D eigenvalue weighted by Gasteiger charge is -2.22. The van der Waals surface area contributed by atoms with Gasteiger partial charge in [0.15, 0.2) is 0 Å². The highest BCUT2D eigenvalue weighted by Gasteiger charge is 2.22. The summed E-state index contributed by atoms with van der Waals surface area (Å²) >= 11 is 0. The van der Waals surface area contributed by atoms with Gasteiger partial charge in [-0.1, -0.05) is 6.92 Å². The van der Waals surface area contributed by atoms with E-state index < -0.39 is 0 Å². The minimum Gasteiger partial charge on any atom is -0.301 e. The fourth-order valence-electron chi connectivity index (χ4n) is 2.51. The number of aromatic nitrogens is 2. The highest BCUT2D eigenvalue weighted by molar-refractivity contribution is 5.05. The van der Waals surface area contributed by atoms with E-state index in [1.165, 1.54) is 32.4 Å². The van der Waals surface area contributed by atoms with E-state index in [0.717, 1.165) is 23.9 Å². The molecule has 1 saturated heterocycles. The van der Waals surface area contributed by atoms with E-state index in [4.69, 9.17) is 0 Å². The first-order valence-electron chi connectivity index (χ1n) is 6.33. The number of rotatable bonds is 4. The summed E-state index contributed by atoms with van der Waals surface area (Å²) in [6, 6.07) is 4.93. The third-order valence-corrected chi connectivity index (χ3v) is 3.49. The summed E-state index contributed by atoms with van der Waals surface area (Å²) in [5.74, 6) is 0. The summed E-state index contributed by atoms with van der Waals surface area (Å²) in [7, 11) is 0. The van der Waals surface area contributed by atoms with E-state index in [9.17, 15) is 0 Å². The van der Waals surface area contributed by atoms with Crippen molar-refractivity contribution in [2.45, 2.75) is 45.6 Å². The van der Waals surface area contributed by atoms with Crippen LogP contribution in [0.2, 0.25) is 0 Å². The van der Waals surface area contributed by atoms with Gasteiger partial charge in [0.25, 0.3) is 0 Å². The van der Waals surface area contributed by atoms with E-state index in [1.54, 1.807) is 0 Å². The monoisotopic (exact) mass is 219 g/mol. The summed E-state index contributed by atoms with van der Waals surface area (Å²) in [6.07, 6.45) is 5.01. The van der Waals surface area contributed by atoms with Crippen LogP contribution in [0.5, 0.6) is 0 Å². The minimum absolute atomic E-state index is 0.771. The molecule has 3 nitrogen and oxygen atoms in total. The lowest BCUT2D eigenvalue weighted by Crippen LogP contribution is -2.29. The zero-order valence-corrected chi connectivity index (χ0v) is 10.3. The second-order valence-corrected chi connectivity index (χ2v) is 4.63. The number of hydrogen-bond donors (Lipinski definition) is 0. The average molecular weight is 219 g/mol. The van der Waals surface area contributed by atoms with Gasteiger partial charge in [-0.2, -0.15) is 10.2 Å². The number of aryl methyl sites for hydroxylation is 2. The van der Waals surface area contributed by atoms with Crippen LogP contribution in [0.4, 0.5) is 0 Å². The van der Waals surface area contributed by atoms with Crippen molar-refractivity contribution in [2.24, 2.45) is 0 Å². The van der Waals surface area contributed by atoms with Crippen molar-refractivity contribution in [2.75, 3.05) is 13.1 Å². The first-order valence-corrected chi connectivity index (χ1v) is 6.33. The summed E-state index contributed by atoms with van der Waals surface area (Å²) in [4.78, 5) is 2.58. The molecule has 16 heavy (non-hydrogen) atoms. The first-order chi connectivity index (χ1) is 7.79. The predicted octanol–water partition coefficient (Wildman–Crippen LogP) is 2.20. The Morgan fingerprint density at radius 1 is 1.38 bits per heavy atom. The summed E-state index contributed by atoms with van der Waals surface area (Å²) < 4.78 is 0. The van der Waals surface area contributed by atoms with Crippen LogP contribution in [0.15, 0.2) is 12.1 Å². The van der Waals surface area contributed by atoms with Crippen molar-refractivity contribution < 1.29 is 0 Å². The van der Waals surface area contributed by atoms with Gasteiger partial charge in [-0.25, -0.2) is 0 Å². The number of likely N-dealkylation sites (tertiary alicyclic amines) is 1. The normalized spacial score (nSPS) is 21.5. The molecule has 1 aromatic rings. The molecular formula is C13H21N3. The van der Waals surface area contributed by atoms with Gasteiger partial charge >= 0.3 is 0 Å². The predicted molar refractivity (Wildman–Crippen MR) is 65.4 cm³/mol. The molecule has 1 aliphatic heterocycles. The molecule has 1 aliphatic rings. The summed E-state index contributed by atoms with van der Waals surface area (Å²) in [5, 5.41) is 8.32. The molecule has 0 aliphatic carbocycles. The molecule has 0 N–H and O–H groups in total. The quantitative estimate of drug-likeness (QED) is 0.777. The van der Waals surface area contributed by atoms with Gasteiger partial charge in [-0.05, 0) is 57.8 Å². The molecule has 0 amide bonds. The molecule has 1 fully saturated rings. The number of hydrogen-bond acceptors (Lipinski definition) is 3. The molecule has 3 heteroatoms. The van der Waals surface area contributed by atoms with Crippen LogP contribution >= 0.6 is 0 Å². The topological polar surface area (TPSA) is 29.0 Å². The molecule has 1 unspecified atom stereocenters. The van der Waals surface area contributed by atoms with Crippen molar-refractivity contribution in [3.8, 4) is 0 Å². The van der Waals surface area contributed by atoms with Crippen LogP contribution in [0, 0.1) is 6.92 Å². The van der Waals surface area contributed by atoms with Crippen LogP contribution in [-0.2, 0) is 6.42 Å². The lowest BCUT2D eigenvalue weighted by atomic mass is 10.1. The minimum atomic E-state index is 0.771. The Bertz CT molecular complexity index is 320. The van der Waals surface area contributed by atoms with E-state index in [1.807, 2.05) is 6.92 Å². The van der Waals surface area contributed by atoms with Crippen LogP contribution in [-0.4, -0.2) is 34.2 Å². The maximum atomic E-state index is 4.22. The molecule has 0 bridgehead atoms. The smallest absolute Gasteiger partial charge is 0.0631 e. The van der Waals surface area contributed by atoms with Crippen LogP contribution in [0.1, 0.15) is 37.6 Å². The average Bonchev–Trinajstić information content (AvgIpc) is 2.76. The van der Waals surface area contributed by atoms with E-state index in [2.05, 4.69) is 34.2 Å². The van der Waals surface area contributed by atoms with Gasteiger partial charge in [-0.15, -0.1) is 0 Å². The molecule has 88 valence electrons. The van der Waals surface area contributed by atoms with Gasteiger partial charge in [0.2, 0.25) is 0 Å². The molecule has 2 heterocycles. The third-order valence-electron chi connectivity index (χ3n) is 3.49. The molecule has 0 spiro atoms. The standard InChI is InChI=1S/C13H21N3/c1-3-16-10-4-5-13(16)9-8-12-7-6-11(2)14-15-12/h6-7,13H,3-5,8-10H2,1-2H3. The molecule has 2 rings (SSSR count). The Kier molecular flexibility index (Phi) is 3.88. The summed E-state index contributed by atoms with van der Waals surface area (Å²) in [5.41, 5.74) is 2.13. The van der Waals surface area contributed by atoms with Gasteiger partial charge in [0, 0.05) is 6.04 Å². The van der Waals surface area contributed by atoms with Crippen molar-refractivity contribution >= 4 is 0 Å². The second kappa shape index (κ2) is 5.39. The maximum absolute atomic E-state index is 4.22. The molecule has 0 radical (unpaired) electrons. The van der Waals surface area contributed by atoms with E-state index in [-0.39, 0.29) is 0 Å². The van der Waals surface area contributed by atoms with Crippen molar-refractivity contribution in [3.63, 3.8) is 0 Å². The maximum Gasteiger partial charge on any atom is 0.0631 e. The SMILES string of the molecule is CCN1CCCC1CCc1ccc(C)nn1. The van der Waals surface area contributed by atoms with Gasteiger partial charge in [0.1, 0.15) is 0 Å². The van der Waals surface area contributed by atoms with Gasteiger partial charge in [-0.3, -0.25) is 0 Å². The molecule has 0 saturated carbocycles. The van der Waals surface area contributed by atoms with E-state index >= 15 is 0 Å². The fourth-order valence-corrected chi connectivity index (χ4v) is 2.51. The molecule has 0 aromatic carbocycles. The zero-order valence-electron chi connectivity index (χ0n) is 10.3.